The van der Waals surface area contributed by atoms with Crippen LogP contribution in [0.15, 0.2) is 18.2 Å². The Bertz CT molecular complexity index is 386. The van der Waals surface area contributed by atoms with Crippen LogP contribution in [-0.4, -0.2) is 18.2 Å². The van der Waals surface area contributed by atoms with Gasteiger partial charge in [-0.1, -0.05) is 12.8 Å². The molecular formula is C14H20FNO. The van der Waals surface area contributed by atoms with Crippen LogP contribution in [-0.2, 0) is 0 Å². The van der Waals surface area contributed by atoms with E-state index < -0.39 is 6.10 Å². The maximum Gasteiger partial charge on any atom is 0.123 e. The third kappa shape index (κ3) is 2.60. The molecule has 1 aliphatic rings. The van der Waals surface area contributed by atoms with Crippen molar-refractivity contribution in [3.8, 4) is 0 Å². The van der Waals surface area contributed by atoms with Gasteiger partial charge >= 0.3 is 0 Å². The van der Waals surface area contributed by atoms with Crippen LogP contribution in [0.1, 0.15) is 44.3 Å². The number of aliphatic hydroxyl groups is 1. The Kier molecular flexibility index (Phi) is 3.67. The summed E-state index contributed by atoms with van der Waals surface area (Å²) in [4.78, 5) is 2.19. The Labute approximate surface area is 102 Å². The van der Waals surface area contributed by atoms with E-state index in [4.69, 9.17) is 0 Å². The van der Waals surface area contributed by atoms with Crippen molar-refractivity contribution in [3.05, 3.63) is 29.6 Å². The Morgan fingerprint density at radius 2 is 2.00 bits per heavy atom. The molecule has 1 aliphatic carbocycles. The van der Waals surface area contributed by atoms with Crippen LogP contribution in [0, 0.1) is 5.82 Å². The summed E-state index contributed by atoms with van der Waals surface area (Å²) in [5.41, 5.74) is 1.63. The Morgan fingerprint density at radius 1 is 1.35 bits per heavy atom. The first-order chi connectivity index (χ1) is 8.09. The van der Waals surface area contributed by atoms with Crippen LogP contribution in [0.4, 0.5) is 10.1 Å². The van der Waals surface area contributed by atoms with E-state index in [-0.39, 0.29) is 5.82 Å². The molecule has 17 heavy (non-hydrogen) atoms. The van der Waals surface area contributed by atoms with Crippen LogP contribution < -0.4 is 4.90 Å². The molecule has 1 saturated carbocycles. The fraction of sp³-hybridized carbons (Fsp3) is 0.571. The van der Waals surface area contributed by atoms with Gasteiger partial charge in [-0.15, -0.1) is 0 Å². The van der Waals surface area contributed by atoms with Gasteiger partial charge in [0, 0.05) is 24.3 Å². The van der Waals surface area contributed by atoms with E-state index >= 15 is 0 Å². The molecule has 0 heterocycles. The third-order valence-corrected chi connectivity index (χ3v) is 3.69. The molecule has 1 N–H and O–H groups in total. The number of rotatable bonds is 3. The van der Waals surface area contributed by atoms with Gasteiger partial charge in [-0.3, -0.25) is 0 Å². The molecular weight excluding hydrogens is 217 g/mol. The minimum atomic E-state index is -0.635. The summed E-state index contributed by atoms with van der Waals surface area (Å²) in [7, 11) is 2.04. The molecule has 1 aromatic rings. The molecule has 2 rings (SSSR count). The lowest BCUT2D eigenvalue weighted by molar-refractivity contribution is 0.199. The molecule has 0 radical (unpaired) electrons. The molecule has 0 spiro atoms. The van der Waals surface area contributed by atoms with Gasteiger partial charge in [0.1, 0.15) is 5.82 Å². The zero-order chi connectivity index (χ0) is 12.4. The fourth-order valence-electron chi connectivity index (χ4n) is 2.67. The Balaban J connectivity index is 2.29. The van der Waals surface area contributed by atoms with Gasteiger partial charge in [0.05, 0.1) is 6.10 Å². The quantitative estimate of drug-likeness (QED) is 0.872. The van der Waals surface area contributed by atoms with Gasteiger partial charge in [-0.25, -0.2) is 4.39 Å². The number of aliphatic hydroxyl groups excluding tert-OH is 1. The maximum absolute atomic E-state index is 13.2. The lowest BCUT2D eigenvalue weighted by Crippen LogP contribution is -2.29. The van der Waals surface area contributed by atoms with Crippen LogP contribution in [0.25, 0.3) is 0 Å². The van der Waals surface area contributed by atoms with Crippen molar-refractivity contribution >= 4 is 5.69 Å². The largest absolute Gasteiger partial charge is 0.389 e. The van der Waals surface area contributed by atoms with Crippen LogP contribution in [0.3, 0.4) is 0 Å². The maximum atomic E-state index is 13.2. The highest BCUT2D eigenvalue weighted by molar-refractivity contribution is 5.55. The van der Waals surface area contributed by atoms with E-state index in [0.717, 1.165) is 5.69 Å². The molecule has 1 fully saturated rings. The monoisotopic (exact) mass is 237 g/mol. The summed E-state index contributed by atoms with van der Waals surface area (Å²) in [5, 5.41) is 9.73. The molecule has 0 bridgehead atoms. The lowest BCUT2D eigenvalue weighted by Gasteiger charge is -2.29. The number of anilines is 1. The first kappa shape index (κ1) is 12.4. The highest BCUT2D eigenvalue weighted by Crippen LogP contribution is 2.32. The highest BCUT2D eigenvalue weighted by Gasteiger charge is 2.22. The average Bonchev–Trinajstić information content (AvgIpc) is 2.81. The molecule has 0 aromatic heterocycles. The Morgan fingerprint density at radius 3 is 2.59 bits per heavy atom. The summed E-state index contributed by atoms with van der Waals surface area (Å²) >= 11 is 0. The molecule has 94 valence electrons. The van der Waals surface area contributed by atoms with E-state index in [2.05, 4.69) is 4.90 Å². The fourth-order valence-corrected chi connectivity index (χ4v) is 2.67. The van der Waals surface area contributed by atoms with Gasteiger partial charge in [0.2, 0.25) is 0 Å². The van der Waals surface area contributed by atoms with Crippen molar-refractivity contribution in [1.29, 1.82) is 0 Å². The summed E-state index contributed by atoms with van der Waals surface area (Å²) < 4.78 is 13.2. The zero-order valence-corrected chi connectivity index (χ0v) is 10.5. The van der Waals surface area contributed by atoms with Crippen molar-refractivity contribution in [2.24, 2.45) is 0 Å². The standard InChI is InChI=1S/C14H20FNO/c1-10(17)13-9-11(15)7-8-14(13)16(2)12-5-3-4-6-12/h7-10,12,17H,3-6H2,1-2H3/t10-/m1/s1. The molecule has 1 atom stereocenters. The predicted molar refractivity (Wildman–Crippen MR) is 67.7 cm³/mol. The Hall–Kier alpha value is -1.09. The topological polar surface area (TPSA) is 23.5 Å². The van der Waals surface area contributed by atoms with Crippen LogP contribution >= 0.6 is 0 Å². The van der Waals surface area contributed by atoms with E-state index in [0.29, 0.717) is 11.6 Å². The minimum Gasteiger partial charge on any atom is -0.389 e. The second-order valence-electron chi connectivity index (χ2n) is 4.93. The van der Waals surface area contributed by atoms with Crippen molar-refractivity contribution in [2.45, 2.75) is 44.8 Å². The van der Waals surface area contributed by atoms with E-state index in [9.17, 15) is 9.50 Å². The predicted octanol–water partition coefficient (Wildman–Crippen LogP) is 3.26. The lowest BCUT2D eigenvalue weighted by atomic mass is 10.1. The van der Waals surface area contributed by atoms with Crippen molar-refractivity contribution < 1.29 is 9.50 Å². The van der Waals surface area contributed by atoms with Crippen LogP contribution in [0.2, 0.25) is 0 Å². The van der Waals surface area contributed by atoms with E-state index in [1.165, 1.54) is 37.8 Å². The van der Waals surface area contributed by atoms with Gasteiger partial charge < -0.3 is 10.0 Å². The summed E-state index contributed by atoms with van der Waals surface area (Å²) in [6.45, 7) is 1.68. The van der Waals surface area contributed by atoms with Gasteiger partial charge in [0.25, 0.3) is 0 Å². The molecule has 2 nitrogen and oxygen atoms in total. The number of hydrogen-bond donors (Lipinski definition) is 1. The molecule has 0 amide bonds. The molecule has 3 heteroatoms. The molecule has 0 unspecified atom stereocenters. The molecule has 0 saturated heterocycles. The van der Waals surface area contributed by atoms with Crippen molar-refractivity contribution in [2.75, 3.05) is 11.9 Å². The minimum absolute atomic E-state index is 0.288. The average molecular weight is 237 g/mol. The van der Waals surface area contributed by atoms with Crippen LogP contribution in [0.5, 0.6) is 0 Å². The van der Waals surface area contributed by atoms with Gasteiger partial charge in [0.15, 0.2) is 0 Å². The first-order valence-corrected chi connectivity index (χ1v) is 6.30. The summed E-state index contributed by atoms with van der Waals surface area (Å²) in [5.74, 6) is -0.288. The third-order valence-electron chi connectivity index (χ3n) is 3.69. The normalized spacial score (nSPS) is 18.4. The second-order valence-corrected chi connectivity index (χ2v) is 4.93. The summed E-state index contributed by atoms with van der Waals surface area (Å²) in [6, 6.07) is 5.20. The SMILES string of the molecule is C[C@@H](O)c1cc(F)ccc1N(C)C1CCCC1. The van der Waals surface area contributed by atoms with E-state index in [1.807, 2.05) is 7.05 Å². The van der Waals surface area contributed by atoms with Crippen molar-refractivity contribution in [3.63, 3.8) is 0 Å². The van der Waals surface area contributed by atoms with Crippen molar-refractivity contribution in [1.82, 2.24) is 0 Å². The smallest absolute Gasteiger partial charge is 0.123 e. The molecule has 1 aromatic carbocycles. The number of hydrogen-bond acceptors (Lipinski definition) is 2. The zero-order valence-electron chi connectivity index (χ0n) is 10.5. The second kappa shape index (κ2) is 5.05. The van der Waals surface area contributed by atoms with E-state index in [1.54, 1.807) is 13.0 Å². The first-order valence-electron chi connectivity index (χ1n) is 6.30. The number of benzene rings is 1. The number of halogens is 1. The summed E-state index contributed by atoms with van der Waals surface area (Å²) in [6.07, 6.45) is 4.27. The molecule has 0 aliphatic heterocycles. The number of nitrogens with zero attached hydrogens (tertiary/aromatic N) is 1. The van der Waals surface area contributed by atoms with Gasteiger partial charge in [-0.05, 0) is 38.0 Å². The van der Waals surface area contributed by atoms with Gasteiger partial charge in [-0.2, -0.15) is 0 Å². The highest BCUT2D eigenvalue weighted by atomic mass is 19.1.